The van der Waals surface area contributed by atoms with Crippen LogP contribution in [-0.4, -0.2) is 5.91 Å². The SMILES string of the molecule is CC(NC(=O)C1CC1)c1ccccc1Br. The molecule has 2 nitrogen and oxygen atoms in total. The van der Waals surface area contributed by atoms with E-state index in [-0.39, 0.29) is 17.9 Å². The van der Waals surface area contributed by atoms with Crippen molar-refractivity contribution in [1.82, 2.24) is 5.32 Å². The third-order valence-corrected chi connectivity index (χ3v) is 3.40. The van der Waals surface area contributed by atoms with Crippen LogP contribution in [0.2, 0.25) is 0 Å². The predicted octanol–water partition coefficient (Wildman–Crippen LogP) is 3.04. The minimum Gasteiger partial charge on any atom is -0.349 e. The van der Waals surface area contributed by atoms with Crippen LogP contribution < -0.4 is 5.32 Å². The topological polar surface area (TPSA) is 29.1 Å². The number of benzene rings is 1. The zero-order valence-electron chi connectivity index (χ0n) is 8.66. The molecule has 0 aliphatic heterocycles. The maximum atomic E-state index is 11.6. The van der Waals surface area contributed by atoms with Gasteiger partial charge in [0, 0.05) is 10.4 Å². The fourth-order valence-corrected chi connectivity index (χ4v) is 2.21. The van der Waals surface area contributed by atoms with E-state index in [0.717, 1.165) is 22.9 Å². The number of nitrogens with one attached hydrogen (secondary N) is 1. The van der Waals surface area contributed by atoms with Crippen LogP contribution in [0.25, 0.3) is 0 Å². The molecule has 1 saturated carbocycles. The molecule has 0 saturated heterocycles. The first-order valence-corrected chi connectivity index (χ1v) is 6.02. The fraction of sp³-hybridized carbons (Fsp3) is 0.417. The summed E-state index contributed by atoms with van der Waals surface area (Å²) in [5.41, 5.74) is 1.13. The van der Waals surface area contributed by atoms with Gasteiger partial charge >= 0.3 is 0 Å². The van der Waals surface area contributed by atoms with Gasteiger partial charge in [-0.25, -0.2) is 0 Å². The van der Waals surface area contributed by atoms with Crippen molar-refractivity contribution in [2.75, 3.05) is 0 Å². The Morgan fingerprint density at radius 3 is 2.73 bits per heavy atom. The number of halogens is 1. The molecule has 0 aromatic heterocycles. The second-order valence-electron chi connectivity index (χ2n) is 4.03. The summed E-state index contributed by atoms with van der Waals surface area (Å²) >= 11 is 3.49. The van der Waals surface area contributed by atoms with Gasteiger partial charge in [-0.3, -0.25) is 4.79 Å². The van der Waals surface area contributed by atoms with Gasteiger partial charge in [-0.05, 0) is 31.4 Å². The lowest BCUT2D eigenvalue weighted by molar-refractivity contribution is -0.122. The van der Waals surface area contributed by atoms with Crippen LogP contribution in [0.15, 0.2) is 28.7 Å². The largest absolute Gasteiger partial charge is 0.349 e. The number of carbonyl (C=O) groups is 1. The molecule has 1 amide bonds. The number of hydrogen-bond acceptors (Lipinski definition) is 1. The Bertz CT molecular complexity index is 374. The highest BCUT2D eigenvalue weighted by Gasteiger charge is 2.30. The number of rotatable bonds is 3. The Morgan fingerprint density at radius 1 is 1.47 bits per heavy atom. The molecule has 0 heterocycles. The third kappa shape index (κ3) is 2.59. The summed E-state index contributed by atoms with van der Waals surface area (Å²) < 4.78 is 1.05. The van der Waals surface area contributed by atoms with E-state index in [1.54, 1.807) is 0 Å². The van der Waals surface area contributed by atoms with Crippen LogP contribution >= 0.6 is 15.9 Å². The summed E-state index contributed by atoms with van der Waals surface area (Å²) in [5.74, 6) is 0.466. The van der Waals surface area contributed by atoms with Gasteiger partial charge in [-0.2, -0.15) is 0 Å². The average Bonchev–Trinajstić information content (AvgIpc) is 3.01. The Labute approximate surface area is 98.2 Å². The summed E-state index contributed by atoms with van der Waals surface area (Å²) in [6.07, 6.45) is 2.10. The van der Waals surface area contributed by atoms with Crippen LogP contribution in [0, 0.1) is 5.92 Å². The highest BCUT2D eigenvalue weighted by atomic mass is 79.9. The number of amides is 1. The minimum atomic E-state index is 0.0775. The molecule has 0 radical (unpaired) electrons. The maximum absolute atomic E-state index is 11.6. The molecule has 1 aromatic rings. The molecular weight excluding hydrogens is 254 g/mol. The highest BCUT2D eigenvalue weighted by molar-refractivity contribution is 9.10. The number of hydrogen-bond donors (Lipinski definition) is 1. The van der Waals surface area contributed by atoms with E-state index in [4.69, 9.17) is 0 Å². The van der Waals surface area contributed by atoms with Crippen molar-refractivity contribution in [3.63, 3.8) is 0 Å². The van der Waals surface area contributed by atoms with Crippen LogP contribution in [-0.2, 0) is 4.79 Å². The summed E-state index contributed by atoms with van der Waals surface area (Å²) in [6.45, 7) is 2.01. The second-order valence-corrected chi connectivity index (χ2v) is 4.88. The highest BCUT2D eigenvalue weighted by Crippen LogP contribution is 2.30. The summed E-state index contributed by atoms with van der Waals surface area (Å²) in [7, 11) is 0. The molecule has 80 valence electrons. The molecule has 1 atom stereocenters. The van der Waals surface area contributed by atoms with E-state index >= 15 is 0 Å². The van der Waals surface area contributed by atoms with Crippen LogP contribution in [0.5, 0.6) is 0 Å². The van der Waals surface area contributed by atoms with Gasteiger partial charge in [0.2, 0.25) is 5.91 Å². The van der Waals surface area contributed by atoms with E-state index in [2.05, 4.69) is 21.2 Å². The maximum Gasteiger partial charge on any atom is 0.223 e. The van der Waals surface area contributed by atoms with Crippen LogP contribution in [0.3, 0.4) is 0 Å². The molecule has 0 bridgehead atoms. The Kier molecular flexibility index (Phi) is 3.10. The molecule has 2 rings (SSSR count). The molecule has 1 N–H and O–H groups in total. The monoisotopic (exact) mass is 267 g/mol. The quantitative estimate of drug-likeness (QED) is 0.896. The van der Waals surface area contributed by atoms with Crippen LogP contribution in [0.4, 0.5) is 0 Å². The first-order chi connectivity index (χ1) is 7.18. The van der Waals surface area contributed by atoms with Gasteiger partial charge in [0.25, 0.3) is 0 Å². The predicted molar refractivity (Wildman–Crippen MR) is 63.4 cm³/mol. The molecule has 1 aromatic carbocycles. The van der Waals surface area contributed by atoms with Crippen molar-refractivity contribution in [2.24, 2.45) is 5.92 Å². The van der Waals surface area contributed by atoms with Gasteiger partial charge in [0.1, 0.15) is 0 Å². The number of carbonyl (C=O) groups excluding carboxylic acids is 1. The van der Waals surface area contributed by atoms with Gasteiger partial charge in [-0.15, -0.1) is 0 Å². The Balaban J connectivity index is 2.03. The smallest absolute Gasteiger partial charge is 0.223 e. The zero-order valence-corrected chi connectivity index (χ0v) is 10.3. The average molecular weight is 268 g/mol. The molecule has 1 aliphatic carbocycles. The van der Waals surface area contributed by atoms with Crippen LogP contribution in [0.1, 0.15) is 31.4 Å². The standard InChI is InChI=1S/C12H14BrNO/c1-8(14-12(15)9-6-7-9)10-4-2-3-5-11(10)13/h2-5,8-9H,6-7H2,1H3,(H,14,15). The van der Waals surface area contributed by atoms with E-state index in [1.165, 1.54) is 0 Å². The van der Waals surface area contributed by atoms with E-state index in [0.29, 0.717) is 0 Å². The Morgan fingerprint density at radius 2 is 2.13 bits per heavy atom. The lowest BCUT2D eigenvalue weighted by Gasteiger charge is -2.15. The van der Waals surface area contributed by atoms with Crippen molar-refractivity contribution in [3.05, 3.63) is 34.3 Å². The second kappa shape index (κ2) is 4.35. The summed E-state index contributed by atoms with van der Waals surface area (Å²) in [6, 6.07) is 8.06. The van der Waals surface area contributed by atoms with Crippen molar-refractivity contribution < 1.29 is 4.79 Å². The third-order valence-electron chi connectivity index (χ3n) is 2.68. The molecule has 3 heteroatoms. The van der Waals surface area contributed by atoms with E-state index < -0.39 is 0 Å². The molecule has 1 unspecified atom stereocenters. The van der Waals surface area contributed by atoms with Crippen molar-refractivity contribution in [3.8, 4) is 0 Å². The lowest BCUT2D eigenvalue weighted by Crippen LogP contribution is -2.28. The first-order valence-electron chi connectivity index (χ1n) is 5.23. The molecular formula is C12H14BrNO. The summed E-state index contributed by atoms with van der Waals surface area (Å²) in [4.78, 5) is 11.6. The van der Waals surface area contributed by atoms with Crippen molar-refractivity contribution in [2.45, 2.75) is 25.8 Å². The first kappa shape index (κ1) is 10.7. The molecule has 0 spiro atoms. The van der Waals surface area contributed by atoms with Crippen molar-refractivity contribution in [1.29, 1.82) is 0 Å². The van der Waals surface area contributed by atoms with Gasteiger partial charge in [0.05, 0.1) is 6.04 Å². The molecule has 15 heavy (non-hydrogen) atoms. The molecule has 1 fully saturated rings. The lowest BCUT2D eigenvalue weighted by atomic mass is 10.1. The van der Waals surface area contributed by atoms with Gasteiger partial charge in [-0.1, -0.05) is 34.1 Å². The molecule has 1 aliphatic rings. The van der Waals surface area contributed by atoms with E-state index in [1.807, 2.05) is 31.2 Å². The zero-order chi connectivity index (χ0) is 10.8. The Hall–Kier alpha value is -0.830. The minimum absolute atomic E-state index is 0.0775. The fourth-order valence-electron chi connectivity index (χ4n) is 1.58. The van der Waals surface area contributed by atoms with E-state index in [9.17, 15) is 4.79 Å². The normalized spacial score (nSPS) is 17.2. The van der Waals surface area contributed by atoms with Gasteiger partial charge in [0.15, 0.2) is 0 Å². The summed E-state index contributed by atoms with van der Waals surface area (Å²) in [5, 5.41) is 3.03. The van der Waals surface area contributed by atoms with Crippen molar-refractivity contribution >= 4 is 21.8 Å². The van der Waals surface area contributed by atoms with Gasteiger partial charge < -0.3 is 5.32 Å².